The van der Waals surface area contributed by atoms with Gasteiger partial charge in [0.15, 0.2) is 5.69 Å². The summed E-state index contributed by atoms with van der Waals surface area (Å²) in [6, 6.07) is 7.13. The summed E-state index contributed by atoms with van der Waals surface area (Å²) in [5.74, 6) is -1.40. The van der Waals surface area contributed by atoms with Crippen LogP contribution in [0.1, 0.15) is 21.7 Å². The number of carbonyl (C=O) groups is 1. The number of aromatic carboxylic acids is 1. The molecule has 0 bridgehead atoms. The van der Waals surface area contributed by atoms with Gasteiger partial charge in [-0.15, -0.1) is 0 Å². The highest BCUT2D eigenvalue weighted by molar-refractivity contribution is 9.10. The zero-order valence-corrected chi connectivity index (χ0v) is 13.3. The van der Waals surface area contributed by atoms with Gasteiger partial charge in [-0.1, -0.05) is 34.1 Å². The molecule has 2 rings (SSSR count). The number of sulfonamides is 1. The van der Waals surface area contributed by atoms with E-state index in [1.165, 1.54) is 6.92 Å². The quantitative estimate of drug-likeness (QED) is 0.737. The third kappa shape index (κ3) is 3.31. The van der Waals surface area contributed by atoms with E-state index in [1.54, 1.807) is 18.2 Å². The first kappa shape index (κ1) is 15.7. The van der Waals surface area contributed by atoms with Crippen molar-refractivity contribution in [2.45, 2.75) is 18.4 Å². The van der Waals surface area contributed by atoms with E-state index in [0.29, 0.717) is 0 Å². The number of benzene rings is 1. The van der Waals surface area contributed by atoms with Crippen LogP contribution in [0.4, 0.5) is 0 Å². The molecule has 21 heavy (non-hydrogen) atoms. The molecule has 1 aromatic carbocycles. The first-order valence-electron chi connectivity index (χ1n) is 5.84. The molecule has 1 heterocycles. The fraction of sp³-hybridized carbons (Fsp3) is 0.167. The second-order valence-corrected chi connectivity index (χ2v) is 6.81. The van der Waals surface area contributed by atoms with Crippen molar-refractivity contribution in [3.05, 3.63) is 45.7 Å². The predicted molar refractivity (Wildman–Crippen MR) is 78.5 cm³/mol. The Morgan fingerprint density at radius 2 is 2.10 bits per heavy atom. The van der Waals surface area contributed by atoms with Crippen molar-refractivity contribution in [2.75, 3.05) is 0 Å². The number of nitrogens with zero attached hydrogens (tertiary/aromatic N) is 1. The van der Waals surface area contributed by atoms with Gasteiger partial charge in [0.1, 0.15) is 4.90 Å². The zero-order chi connectivity index (χ0) is 15.6. The van der Waals surface area contributed by atoms with Gasteiger partial charge in [-0.05, 0) is 18.6 Å². The topological polar surface area (TPSA) is 112 Å². The molecule has 0 fully saturated rings. The SMILES string of the molecule is Cc1[nH]nc(C(=O)O)c1S(=O)(=O)NCc1ccccc1Br. The number of aryl methyl sites for hydroxylation is 1. The molecule has 0 unspecified atom stereocenters. The minimum atomic E-state index is -3.98. The maximum absolute atomic E-state index is 12.3. The fourth-order valence-corrected chi connectivity index (χ4v) is 3.53. The van der Waals surface area contributed by atoms with Crippen molar-refractivity contribution in [1.82, 2.24) is 14.9 Å². The average Bonchev–Trinajstić information content (AvgIpc) is 2.81. The maximum Gasteiger partial charge on any atom is 0.357 e. The number of carboxylic acids is 1. The maximum atomic E-state index is 12.3. The molecule has 0 saturated carbocycles. The van der Waals surface area contributed by atoms with Crippen LogP contribution in [0, 0.1) is 6.92 Å². The van der Waals surface area contributed by atoms with Gasteiger partial charge in [0.05, 0.1) is 5.69 Å². The molecule has 9 heteroatoms. The van der Waals surface area contributed by atoms with Crippen LogP contribution in [-0.2, 0) is 16.6 Å². The number of nitrogens with one attached hydrogen (secondary N) is 2. The summed E-state index contributed by atoms with van der Waals surface area (Å²) in [5.41, 5.74) is 0.387. The standard InChI is InChI=1S/C12H12BrN3O4S/c1-7-11(10(12(17)18)16-15-7)21(19,20)14-6-8-4-2-3-5-9(8)13/h2-5,14H,6H2,1H3,(H,15,16)(H,17,18). The molecule has 0 spiro atoms. The highest BCUT2D eigenvalue weighted by Crippen LogP contribution is 2.20. The molecule has 0 amide bonds. The van der Waals surface area contributed by atoms with Crippen molar-refractivity contribution in [1.29, 1.82) is 0 Å². The number of aromatic amines is 1. The Morgan fingerprint density at radius 1 is 1.43 bits per heavy atom. The van der Waals surface area contributed by atoms with Gasteiger partial charge >= 0.3 is 5.97 Å². The Morgan fingerprint density at radius 3 is 2.71 bits per heavy atom. The zero-order valence-electron chi connectivity index (χ0n) is 10.9. The average molecular weight is 374 g/mol. The largest absolute Gasteiger partial charge is 0.476 e. The Kier molecular flexibility index (Phi) is 4.45. The lowest BCUT2D eigenvalue weighted by molar-refractivity contribution is 0.0686. The van der Waals surface area contributed by atoms with E-state index in [1.807, 2.05) is 6.07 Å². The lowest BCUT2D eigenvalue weighted by Crippen LogP contribution is -2.25. The van der Waals surface area contributed by atoms with E-state index >= 15 is 0 Å². The Balaban J connectivity index is 2.30. The number of aromatic nitrogens is 2. The number of H-pyrrole nitrogens is 1. The van der Waals surface area contributed by atoms with Crippen LogP contribution in [-0.4, -0.2) is 29.7 Å². The molecule has 0 aliphatic carbocycles. The van der Waals surface area contributed by atoms with Gasteiger partial charge in [0.25, 0.3) is 0 Å². The molecular weight excluding hydrogens is 362 g/mol. The summed E-state index contributed by atoms with van der Waals surface area (Å²) in [5, 5.41) is 14.9. The third-order valence-electron chi connectivity index (χ3n) is 2.77. The van der Waals surface area contributed by atoms with Gasteiger partial charge in [-0.3, -0.25) is 5.10 Å². The number of hydrogen-bond acceptors (Lipinski definition) is 4. The van der Waals surface area contributed by atoms with Crippen molar-refractivity contribution in [2.24, 2.45) is 0 Å². The van der Waals surface area contributed by atoms with Gasteiger partial charge in [-0.25, -0.2) is 17.9 Å². The van der Waals surface area contributed by atoms with Crippen molar-refractivity contribution >= 4 is 31.9 Å². The fourth-order valence-electron chi connectivity index (χ4n) is 1.78. The summed E-state index contributed by atoms with van der Waals surface area (Å²) >= 11 is 3.32. The van der Waals surface area contributed by atoms with E-state index in [9.17, 15) is 13.2 Å². The normalized spacial score (nSPS) is 11.5. The molecule has 3 N–H and O–H groups in total. The molecule has 0 aliphatic heterocycles. The molecule has 0 saturated heterocycles. The summed E-state index contributed by atoms with van der Waals surface area (Å²) in [4.78, 5) is 10.7. The first-order valence-corrected chi connectivity index (χ1v) is 8.12. The highest BCUT2D eigenvalue weighted by atomic mass is 79.9. The van der Waals surface area contributed by atoms with E-state index in [0.717, 1.165) is 10.0 Å². The van der Waals surface area contributed by atoms with E-state index in [2.05, 4.69) is 30.8 Å². The Labute approximate surface area is 129 Å². The van der Waals surface area contributed by atoms with E-state index < -0.39 is 21.7 Å². The van der Waals surface area contributed by atoms with E-state index in [-0.39, 0.29) is 17.1 Å². The van der Waals surface area contributed by atoms with Crippen LogP contribution >= 0.6 is 15.9 Å². The Hall–Kier alpha value is -1.71. The second kappa shape index (κ2) is 5.96. The first-order chi connectivity index (χ1) is 9.83. The van der Waals surface area contributed by atoms with Gasteiger partial charge in [0.2, 0.25) is 10.0 Å². The molecular formula is C12H12BrN3O4S. The lowest BCUT2D eigenvalue weighted by Gasteiger charge is -2.08. The third-order valence-corrected chi connectivity index (χ3v) is 5.11. The van der Waals surface area contributed by atoms with E-state index in [4.69, 9.17) is 5.11 Å². The summed E-state index contributed by atoms with van der Waals surface area (Å²) in [6.07, 6.45) is 0. The van der Waals surface area contributed by atoms with Crippen LogP contribution in [0.5, 0.6) is 0 Å². The van der Waals surface area contributed by atoms with Crippen molar-refractivity contribution in [3.63, 3.8) is 0 Å². The van der Waals surface area contributed by atoms with Crippen molar-refractivity contribution < 1.29 is 18.3 Å². The van der Waals surface area contributed by atoms with Crippen LogP contribution < -0.4 is 4.72 Å². The van der Waals surface area contributed by atoms with Gasteiger partial charge < -0.3 is 5.11 Å². The van der Waals surface area contributed by atoms with Crippen LogP contribution in [0.2, 0.25) is 0 Å². The number of rotatable bonds is 5. The molecule has 0 aliphatic rings. The van der Waals surface area contributed by atoms with Crippen LogP contribution in [0.3, 0.4) is 0 Å². The highest BCUT2D eigenvalue weighted by Gasteiger charge is 2.28. The number of hydrogen-bond donors (Lipinski definition) is 3. The van der Waals surface area contributed by atoms with Crippen LogP contribution in [0.15, 0.2) is 33.6 Å². The second-order valence-electron chi connectivity index (χ2n) is 4.25. The number of halogens is 1. The Bertz CT molecular complexity index is 786. The minimum absolute atomic E-state index is 0.0352. The predicted octanol–water partition coefficient (Wildman–Crippen LogP) is 1.66. The van der Waals surface area contributed by atoms with Gasteiger partial charge in [0, 0.05) is 11.0 Å². The van der Waals surface area contributed by atoms with Gasteiger partial charge in [-0.2, -0.15) is 5.10 Å². The summed E-state index contributed by atoms with van der Waals surface area (Å²) in [6.45, 7) is 1.49. The summed E-state index contributed by atoms with van der Waals surface area (Å²) in [7, 11) is -3.98. The van der Waals surface area contributed by atoms with Crippen LogP contribution in [0.25, 0.3) is 0 Å². The molecule has 0 radical (unpaired) electrons. The molecule has 7 nitrogen and oxygen atoms in total. The molecule has 0 atom stereocenters. The van der Waals surface area contributed by atoms with Crippen molar-refractivity contribution in [3.8, 4) is 0 Å². The molecule has 2 aromatic rings. The lowest BCUT2D eigenvalue weighted by atomic mass is 10.2. The number of carboxylic acid groups (broad SMARTS) is 1. The monoisotopic (exact) mass is 373 g/mol. The molecule has 1 aromatic heterocycles. The summed E-state index contributed by atoms with van der Waals surface area (Å²) < 4.78 is 27.7. The minimum Gasteiger partial charge on any atom is -0.476 e. The molecule has 112 valence electrons. The smallest absolute Gasteiger partial charge is 0.357 e.